The van der Waals surface area contributed by atoms with Gasteiger partial charge in [0.05, 0.1) is 6.04 Å². The molecule has 0 aromatic rings. The molecule has 0 heterocycles. The minimum atomic E-state index is -4.22. The van der Waals surface area contributed by atoms with Crippen molar-refractivity contribution in [3.63, 3.8) is 0 Å². The van der Waals surface area contributed by atoms with E-state index < -0.39 is 37.4 Å². The van der Waals surface area contributed by atoms with Crippen LogP contribution in [-0.4, -0.2) is 31.4 Å². The summed E-state index contributed by atoms with van der Waals surface area (Å²) in [6.45, 7) is 12.9. The van der Waals surface area contributed by atoms with E-state index in [4.69, 9.17) is 8.23 Å². The standard InChI is InChI=1S/C9H23F3O2Si3/c1-15(2,3)13-17(7,8-9(10,11)12)14-16(4,5)6/h8H2,1-7H3. The summed E-state index contributed by atoms with van der Waals surface area (Å²) < 4.78 is 49.3. The second-order valence-electron chi connectivity index (χ2n) is 6.35. The van der Waals surface area contributed by atoms with Crippen molar-refractivity contribution < 1.29 is 21.4 Å². The number of rotatable bonds is 5. The van der Waals surface area contributed by atoms with Gasteiger partial charge in [0, 0.05) is 0 Å². The van der Waals surface area contributed by atoms with E-state index in [-0.39, 0.29) is 0 Å². The van der Waals surface area contributed by atoms with Crippen LogP contribution in [-0.2, 0) is 8.23 Å². The van der Waals surface area contributed by atoms with Crippen LogP contribution in [0.15, 0.2) is 0 Å². The highest BCUT2D eigenvalue weighted by atomic mass is 28.5. The Hall–Kier alpha value is 0.361. The Balaban J connectivity index is 4.95. The molecule has 0 aromatic heterocycles. The van der Waals surface area contributed by atoms with Gasteiger partial charge in [0.25, 0.3) is 0 Å². The van der Waals surface area contributed by atoms with E-state index in [1.165, 1.54) is 6.55 Å². The van der Waals surface area contributed by atoms with Gasteiger partial charge in [0.1, 0.15) is 0 Å². The van der Waals surface area contributed by atoms with E-state index in [0.717, 1.165) is 0 Å². The Morgan fingerprint density at radius 3 is 1.24 bits per heavy atom. The SMILES string of the molecule is C[Si](C)(C)O[Si](C)(CC(F)(F)F)O[Si](C)(C)C. The summed E-state index contributed by atoms with van der Waals surface area (Å²) in [5.74, 6) is 0. The smallest absolute Gasteiger partial charge is 0.391 e. The molecular weight excluding hydrogens is 281 g/mol. The molecule has 0 fully saturated rings. The topological polar surface area (TPSA) is 18.5 Å². The predicted molar refractivity (Wildman–Crippen MR) is 71.3 cm³/mol. The van der Waals surface area contributed by atoms with Crippen LogP contribution in [0.3, 0.4) is 0 Å². The number of hydrogen-bond acceptors (Lipinski definition) is 2. The molecule has 0 aromatic carbocycles. The van der Waals surface area contributed by atoms with Crippen molar-refractivity contribution in [1.82, 2.24) is 0 Å². The van der Waals surface area contributed by atoms with Crippen LogP contribution in [0.2, 0.25) is 51.9 Å². The third kappa shape index (κ3) is 10.0. The molecular formula is C9H23F3O2Si3. The first-order chi connectivity index (χ1) is 7.12. The van der Waals surface area contributed by atoms with Crippen molar-refractivity contribution in [3.8, 4) is 0 Å². The van der Waals surface area contributed by atoms with Crippen LogP contribution in [0, 0.1) is 0 Å². The molecule has 2 nitrogen and oxygen atoms in total. The molecule has 0 rings (SSSR count). The van der Waals surface area contributed by atoms with Crippen LogP contribution < -0.4 is 0 Å². The van der Waals surface area contributed by atoms with Gasteiger partial charge in [-0.2, -0.15) is 13.2 Å². The van der Waals surface area contributed by atoms with Gasteiger partial charge in [-0.1, -0.05) is 0 Å². The van der Waals surface area contributed by atoms with Gasteiger partial charge in [-0.05, 0) is 45.8 Å². The van der Waals surface area contributed by atoms with E-state index in [1.807, 2.05) is 39.3 Å². The molecule has 0 atom stereocenters. The van der Waals surface area contributed by atoms with Crippen molar-refractivity contribution in [3.05, 3.63) is 0 Å². The fourth-order valence-corrected chi connectivity index (χ4v) is 14.0. The Bertz CT molecular complexity index is 215. The summed E-state index contributed by atoms with van der Waals surface area (Å²) in [4.78, 5) is 0. The highest BCUT2D eigenvalue weighted by molar-refractivity contribution is 6.87. The molecule has 0 spiro atoms. The predicted octanol–water partition coefficient (Wildman–Crippen LogP) is 4.32. The van der Waals surface area contributed by atoms with Gasteiger partial charge in [-0.25, -0.2) is 0 Å². The van der Waals surface area contributed by atoms with Gasteiger partial charge in [-0.3, -0.25) is 0 Å². The van der Waals surface area contributed by atoms with Crippen LogP contribution in [0.1, 0.15) is 0 Å². The highest BCUT2D eigenvalue weighted by Crippen LogP contribution is 2.33. The van der Waals surface area contributed by atoms with Crippen molar-refractivity contribution in [2.75, 3.05) is 0 Å². The second-order valence-corrected chi connectivity index (χ2v) is 19.1. The molecule has 0 amide bonds. The lowest BCUT2D eigenvalue weighted by molar-refractivity contribution is -0.114. The molecule has 17 heavy (non-hydrogen) atoms. The Labute approximate surface area is 105 Å². The normalized spacial score (nSPS) is 15.2. The maximum atomic E-state index is 12.6. The maximum Gasteiger partial charge on any atom is 0.391 e. The first kappa shape index (κ1) is 17.4. The minimum Gasteiger partial charge on any atom is -0.436 e. The first-order valence-electron chi connectivity index (χ1n) is 5.59. The molecule has 0 saturated carbocycles. The van der Waals surface area contributed by atoms with E-state index in [1.54, 1.807) is 0 Å². The van der Waals surface area contributed by atoms with Crippen LogP contribution in [0.4, 0.5) is 13.2 Å². The molecule has 0 aliphatic carbocycles. The van der Waals surface area contributed by atoms with Gasteiger partial charge < -0.3 is 8.23 Å². The first-order valence-corrected chi connectivity index (χ1v) is 14.9. The second kappa shape index (κ2) is 5.16. The van der Waals surface area contributed by atoms with E-state index in [2.05, 4.69) is 0 Å². The maximum absolute atomic E-state index is 12.6. The summed E-state index contributed by atoms with van der Waals surface area (Å²) in [5.41, 5.74) is 0. The zero-order chi connectivity index (χ0) is 14.1. The molecule has 104 valence electrons. The van der Waals surface area contributed by atoms with Gasteiger partial charge in [-0.15, -0.1) is 0 Å². The number of alkyl halides is 3. The molecule has 0 aliphatic heterocycles. The third-order valence-corrected chi connectivity index (χ3v) is 11.0. The molecule has 0 N–H and O–H groups in total. The third-order valence-electron chi connectivity index (χ3n) is 1.57. The fourth-order valence-electron chi connectivity index (χ4n) is 1.75. The van der Waals surface area contributed by atoms with E-state index in [9.17, 15) is 13.2 Å². The van der Waals surface area contributed by atoms with Crippen molar-refractivity contribution in [2.24, 2.45) is 0 Å². The quantitative estimate of drug-likeness (QED) is 0.704. The minimum absolute atomic E-state index is 0.922. The lowest BCUT2D eigenvalue weighted by atomic mass is 10.8. The monoisotopic (exact) mass is 304 g/mol. The lowest BCUT2D eigenvalue weighted by Gasteiger charge is -2.38. The summed E-state index contributed by atoms with van der Waals surface area (Å²) in [5, 5.41) is 0. The summed E-state index contributed by atoms with van der Waals surface area (Å²) >= 11 is 0. The molecule has 0 unspecified atom stereocenters. The fraction of sp³-hybridized carbons (Fsp3) is 1.00. The van der Waals surface area contributed by atoms with Crippen molar-refractivity contribution in [1.29, 1.82) is 0 Å². The van der Waals surface area contributed by atoms with Crippen LogP contribution in [0.25, 0.3) is 0 Å². The largest absolute Gasteiger partial charge is 0.436 e. The average Bonchev–Trinajstić information content (AvgIpc) is 1.65. The zero-order valence-electron chi connectivity index (χ0n) is 11.7. The number of hydrogen-bond donors (Lipinski definition) is 0. The molecule has 8 heteroatoms. The lowest BCUT2D eigenvalue weighted by Crippen LogP contribution is -2.54. The van der Waals surface area contributed by atoms with Crippen molar-refractivity contribution >= 4 is 25.2 Å². The van der Waals surface area contributed by atoms with Crippen LogP contribution in [0.5, 0.6) is 0 Å². The van der Waals surface area contributed by atoms with Gasteiger partial charge >= 0.3 is 14.7 Å². The Kier molecular flexibility index (Phi) is 5.27. The van der Waals surface area contributed by atoms with E-state index in [0.29, 0.717) is 0 Å². The molecule has 0 radical (unpaired) electrons. The summed E-state index contributed by atoms with van der Waals surface area (Å²) in [6, 6.07) is -0.922. The van der Waals surface area contributed by atoms with Gasteiger partial charge in [0.15, 0.2) is 16.6 Å². The van der Waals surface area contributed by atoms with Gasteiger partial charge in [0.2, 0.25) is 0 Å². The Morgan fingerprint density at radius 1 is 0.765 bits per heavy atom. The van der Waals surface area contributed by atoms with Crippen molar-refractivity contribution in [2.45, 2.75) is 58.0 Å². The highest BCUT2D eigenvalue weighted by Gasteiger charge is 2.48. The molecule has 0 bridgehead atoms. The summed E-state index contributed by atoms with van der Waals surface area (Å²) in [7, 11) is -7.22. The molecule has 0 saturated heterocycles. The van der Waals surface area contributed by atoms with Crippen LogP contribution >= 0.6 is 0 Å². The average molecular weight is 305 g/mol. The summed E-state index contributed by atoms with van der Waals surface area (Å²) in [6.07, 6.45) is -4.22. The molecule has 0 aliphatic rings. The number of halogens is 3. The zero-order valence-corrected chi connectivity index (χ0v) is 14.7. The van der Waals surface area contributed by atoms with E-state index >= 15 is 0 Å². The Morgan fingerprint density at radius 2 is 1.06 bits per heavy atom.